The molecule has 2 rings (SSSR count). The molecule has 1 aromatic heterocycles. The topological polar surface area (TPSA) is 42.2 Å². The molecule has 0 atom stereocenters. The molecule has 0 aliphatic carbocycles. The van der Waals surface area contributed by atoms with Crippen molar-refractivity contribution < 1.29 is 9.90 Å². The van der Waals surface area contributed by atoms with Crippen molar-refractivity contribution in [2.75, 3.05) is 0 Å². The van der Waals surface area contributed by atoms with Gasteiger partial charge >= 0.3 is 5.97 Å². The van der Waals surface area contributed by atoms with Crippen molar-refractivity contribution in [3.8, 4) is 0 Å². The molecule has 2 aromatic rings. The van der Waals surface area contributed by atoms with Crippen LogP contribution >= 0.6 is 22.6 Å². The molecule has 0 bridgehead atoms. The minimum absolute atomic E-state index is 0.331. The molecular formula is C15H16INO2. The zero-order valence-electron chi connectivity index (χ0n) is 10.9. The average molecular weight is 369 g/mol. The number of rotatable bonds is 4. The molecule has 4 heteroatoms. The Morgan fingerprint density at radius 2 is 1.95 bits per heavy atom. The maximum atomic E-state index is 11.1. The van der Waals surface area contributed by atoms with Gasteiger partial charge < -0.3 is 9.67 Å². The number of hydrogen-bond acceptors (Lipinski definition) is 1. The first-order valence-corrected chi connectivity index (χ1v) is 7.23. The SMILES string of the molecule is CC(C)c1ccc(Cn2cc(I)cc2C(=O)O)cc1. The zero-order chi connectivity index (χ0) is 14.0. The van der Waals surface area contributed by atoms with E-state index in [9.17, 15) is 4.79 Å². The highest BCUT2D eigenvalue weighted by molar-refractivity contribution is 14.1. The number of carboxylic acid groups (broad SMARTS) is 1. The Bertz CT molecular complexity index is 585. The smallest absolute Gasteiger partial charge is 0.352 e. The van der Waals surface area contributed by atoms with Crippen LogP contribution in [0.1, 0.15) is 41.4 Å². The second-order valence-corrected chi connectivity index (χ2v) is 6.12. The highest BCUT2D eigenvalue weighted by Gasteiger charge is 2.11. The molecule has 19 heavy (non-hydrogen) atoms. The quantitative estimate of drug-likeness (QED) is 0.829. The van der Waals surface area contributed by atoms with Gasteiger partial charge in [0, 0.05) is 16.3 Å². The van der Waals surface area contributed by atoms with Crippen molar-refractivity contribution in [3.05, 3.63) is 56.9 Å². The molecule has 1 N–H and O–H groups in total. The van der Waals surface area contributed by atoms with Crippen LogP contribution in [0.25, 0.3) is 0 Å². The number of aromatic nitrogens is 1. The van der Waals surface area contributed by atoms with E-state index in [0.29, 0.717) is 18.2 Å². The van der Waals surface area contributed by atoms with Crippen molar-refractivity contribution in [3.63, 3.8) is 0 Å². The molecule has 1 aromatic carbocycles. The first kappa shape index (κ1) is 14.1. The molecule has 0 radical (unpaired) electrons. The lowest BCUT2D eigenvalue weighted by Gasteiger charge is -2.09. The van der Waals surface area contributed by atoms with Crippen molar-refractivity contribution >= 4 is 28.6 Å². The first-order chi connectivity index (χ1) is 8.97. The summed E-state index contributed by atoms with van der Waals surface area (Å²) in [6.45, 7) is 4.90. The van der Waals surface area contributed by atoms with E-state index < -0.39 is 5.97 Å². The Labute approximate surface area is 126 Å². The first-order valence-electron chi connectivity index (χ1n) is 6.15. The van der Waals surface area contributed by atoms with Crippen LogP contribution in [0.3, 0.4) is 0 Å². The normalized spacial score (nSPS) is 10.9. The number of carbonyl (C=O) groups is 1. The Hall–Kier alpha value is -1.30. The summed E-state index contributed by atoms with van der Waals surface area (Å²) in [5.74, 6) is -0.377. The molecule has 0 amide bonds. The number of carboxylic acids is 1. The van der Waals surface area contributed by atoms with Crippen LogP contribution < -0.4 is 0 Å². The highest BCUT2D eigenvalue weighted by Crippen LogP contribution is 2.17. The zero-order valence-corrected chi connectivity index (χ0v) is 13.1. The van der Waals surface area contributed by atoms with Crippen LogP contribution in [-0.2, 0) is 6.54 Å². The summed E-state index contributed by atoms with van der Waals surface area (Å²) < 4.78 is 2.71. The van der Waals surface area contributed by atoms with Crippen molar-refractivity contribution in [1.82, 2.24) is 4.57 Å². The van der Waals surface area contributed by atoms with E-state index in [1.165, 1.54) is 5.56 Å². The van der Waals surface area contributed by atoms with Gasteiger partial charge in [0.1, 0.15) is 5.69 Å². The van der Waals surface area contributed by atoms with Gasteiger partial charge in [-0.05, 0) is 45.7 Å². The minimum Gasteiger partial charge on any atom is -0.477 e. The molecule has 3 nitrogen and oxygen atoms in total. The lowest BCUT2D eigenvalue weighted by Crippen LogP contribution is -2.08. The summed E-state index contributed by atoms with van der Waals surface area (Å²) in [7, 11) is 0. The van der Waals surface area contributed by atoms with Crippen LogP contribution in [0, 0.1) is 3.57 Å². The van der Waals surface area contributed by atoms with E-state index in [1.54, 1.807) is 10.6 Å². The van der Waals surface area contributed by atoms with Gasteiger partial charge in [-0.2, -0.15) is 0 Å². The summed E-state index contributed by atoms with van der Waals surface area (Å²) in [5, 5.41) is 9.15. The molecule has 0 unspecified atom stereocenters. The van der Waals surface area contributed by atoms with Crippen LogP contribution in [0.4, 0.5) is 0 Å². The van der Waals surface area contributed by atoms with Gasteiger partial charge in [-0.15, -0.1) is 0 Å². The summed E-state index contributed by atoms with van der Waals surface area (Å²) in [5.41, 5.74) is 2.74. The van der Waals surface area contributed by atoms with E-state index >= 15 is 0 Å². The maximum Gasteiger partial charge on any atom is 0.352 e. The van der Waals surface area contributed by atoms with E-state index in [0.717, 1.165) is 9.13 Å². The third kappa shape index (κ3) is 3.37. The van der Waals surface area contributed by atoms with Crippen LogP contribution in [-0.4, -0.2) is 15.6 Å². The van der Waals surface area contributed by atoms with Crippen LogP contribution in [0.15, 0.2) is 36.5 Å². The fourth-order valence-electron chi connectivity index (χ4n) is 1.99. The van der Waals surface area contributed by atoms with Gasteiger partial charge in [0.15, 0.2) is 0 Å². The van der Waals surface area contributed by atoms with Crippen molar-refractivity contribution in [2.24, 2.45) is 0 Å². The van der Waals surface area contributed by atoms with Crippen molar-refractivity contribution in [1.29, 1.82) is 0 Å². The van der Waals surface area contributed by atoms with Gasteiger partial charge in [-0.25, -0.2) is 4.79 Å². The Morgan fingerprint density at radius 1 is 1.32 bits per heavy atom. The second kappa shape index (κ2) is 5.77. The lowest BCUT2D eigenvalue weighted by atomic mass is 10.0. The van der Waals surface area contributed by atoms with E-state index in [-0.39, 0.29) is 0 Å². The molecule has 0 fully saturated rings. The molecule has 0 aliphatic heterocycles. The third-order valence-electron chi connectivity index (χ3n) is 3.08. The molecule has 0 saturated carbocycles. The number of aromatic carboxylic acids is 1. The summed E-state index contributed by atoms with van der Waals surface area (Å²) in [4.78, 5) is 11.1. The highest BCUT2D eigenvalue weighted by atomic mass is 127. The lowest BCUT2D eigenvalue weighted by molar-refractivity contribution is 0.0685. The Balaban J connectivity index is 2.23. The molecule has 1 heterocycles. The van der Waals surface area contributed by atoms with Gasteiger partial charge in [0.05, 0.1) is 0 Å². The molecule has 0 spiro atoms. The van der Waals surface area contributed by atoms with E-state index in [4.69, 9.17) is 5.11 Å². The van der Waals surface area contributed by atoms with E-state index in [1.807, 2.05) is 6.20 Å². The van der Waals surface area contributed by atoms with Crippen LogP contribution in [0.5, 0.6) is 0 Å². The standard InChI is InChI=1S/C15H16INO2/c1-10(2)12-5-3-11(4-6-12)8-17-9-13(16)7-14(17)15(18)19/h3-7,9-10H,8H2,1-2H3,(H,18,19). The summed E-state index contributed by atoms with van der Waals surface area (Å²) in [6, 6.07) is 10.0. The Morgan fingerprint density at radius 3 is 2.47 bits per heavy atom. The molecule has 100 valence electrons. The van der Waals surface area contributed by atoms with Crippen molar-refractivity contribution in [2.45, 2.75) is 26.3 Å². The monoisotopic (exact) mass is 369 g/mol. The average Bonchev–Trinajstić information content (AvgIpc) is 2.71. The number of hydrogen-bond donors (Lipinski definition) is 1. The maximum absolute atomic E-state index is 11.1. The number of nitrogens with zero attached hydrogens (tertiary/aromatic N) is 1. The largest absolute Gasteiger partial charge is 0.477 e. The van der Waals surface area contributed by atoms with Gasteiger partial charge in [0.2, 0.25) is 0 Å². The predicted octanol–water partition coefficient (Wildman–Crippen LogP) is 3.96. The summed E-state index contributed by atoms with van der Waals surface area (Å²) >= 11 is 2.13. The Kier molecular flexibility index (Phi) is 4.29. The fourth-order valence-corrected chi connectivity index (χ4v) is 2.62. The fraction of sp³-hybridized carbons (Fsp3) is 0.267. The molecule has 0 aliphatic rings. The van der Waals surface area contributed by atoms with Crippen LogP contribution in [0.2, 0.25) is 0 Å². The minimum atomic E-state index is -0.887. The van der Waals surface area contributed by atoms with E-state index in [2.05, 4.69) is 60.7 Å². The number of benzene rings is 1. The third-order valence-corrected chi connectivity index (χ3v) is 3.67. The molecule has 0 saturated heterocycles. The van der Waals surface area contributed by atoms with Gasteiger partial charge in [0.25, 0.3) is 0 Å². The molecular weight excluding hydrogens is 353 g/mol. The number of halogens is 1. The second-order valence-electron chi connectivity index (χ2n) is 4.87. The predicted molar refractivity (Wildman–Crippen MR) is 83.7 cm³/mol. The summed E-state index contributed by atoms with van der Waals surface area (Å²) in [6.07, 6.45) is 1.86. The van der Waals surface area contributed by atoms with Gasteiger partial charge in [-0.1, -0.05) is 38.1 Å². The van der Waals surface area contributed by atoms with Gasteiger partial charge in [-0.3, -0.25) is 0 Å².